The van der Waals surface area contributed by atoms with Crippen molar-refractivity contribution in [1.29, 1.82) is 0 Å². The van der Waals surface area contributed by atoms with Crippen molar-refractivity contribution in [3.8, 4) is 0 Å². The summed E-state index contributed by atoms with van der Waals surface area (Å²) in [4.78, 5) is 22.9. The number of nitrogens with one attached hydrogen (secondary N) is 1. The number of amides is 1. The second-order valence-corrected chi connectivity index (χ2v) is 7.14. The van der Waals surface area contributed by atoms with Gasteiger partial charge in [0.05, 0.1) is 9.80 Å². The van der Waals surface area contributed by atoms with Crippen LogP contribution in [-0.2, 0) is 0 Å². The fraction of sp³-hybridized carbons (Fsp3) is 0.643. The molecule has 2 bridgehead atoms. The summed E-state index contributed by atoms with van der Waals surface area (Å²) in [6, 6.07) is 3.34. The quantitative estimate of drug-likeness (QED) is 0.650. The predicted molar refractivity (Wildman–Crippen MR) is 87.5 cm³/mol. The van der Waals surface area contributed by atoms with Gasteiger partial charge in [0.15, 0.2) is 0 Å². The van der Waals surface area contributed by atoms with Crippen molar-refractivity contribution in [3.63, 3.8) is 0 Å². The van der Waals surface area contributed by atoms with E-state index in [2.05, 4.69) is 5.32 Å². The molecule has 0 saturated heterocycles. The molecule has 1 aromatic rings. The van der Waals surface area contributed by atoms with Gasteiger partial charge >= 0.3 is 5.00 Å². The smallest absolute Gasteiger partial charge is 0.324 e. The van der Waals surface area contributed by atoms with Crippen molar-refractivity contribution in [1.82, 2.24) is 5.32 Å². The number of nitro groups is 1. The van der Waals surface area contributed by atoms with Crippen LogP contribution in [0.5, 0.6) is 0 Å². The number of nitrogens with two attached hydrogens (primary N) is 1. The van der Waals surface area contributed by atoms with Crippen LogP contribution < -0.4 is 11.1 Å². The highest BCUT2D eigenvalue weighted by molar-refractivity contribution is 7.17. The Balaban J connectivity index is 0.00000176. The van der Waals surface area contributed by atoms with Crippen LogP contribution in [0.15, 0.2) is 12.1 Å². The zero-order chi connectivity index (χ0) is 15.0. The molecule has 2 fully saturated rings. The first-order valence-corrected chi connectivity index (χ1v) is 8.17. The highest BCUT2D eigenvalue weighted by Crippen LogP contribution is 2.40. The van der Waals surface area contributed by atoms with E-state index in [4.69, 9.17) is 5.73 Å². The third-order valence-electron chi connectivity index (χ3n) is 4.67. The summed E-state index contributed by atoms with van der Waals surface area (Å²) in [5.41, 5.74) is 6.08. The van der Waals surface area contributed by atoms with Crippen LogP contribution in [0.25, 0.3) is 0 Å². The molecule has 2 atom stereocenters. The molecule has 0 radical (unpaired) electrons. The van der Waals surface area contributed by atoms with Gasteiger partial charge in [0.25, 0.3) is 5.91 Å². The lowest BCUT2D eigenvalue weighted by Gasteiger charge is -2.45. The van der Waals surface area contributed by atoms with E-state index in [0.29, 0.717) is 16.7 Å². The van der Waals surface area contributed by atoms with Crippen LogP contribution >= 0.6 is 23.7 Å². The molecule has 3 N–H and O–H groups in total. The van der Waals surface area contributed by atoms with Gasteiger partial charge in [0, 0.05) is 18.2 Å². The molecule has 22 heavy (non-hydrogen) atoms. The molecular weight excluding hydrogens is 326 g/mol. The lowest BCUT2D eigenvalue weighted by Crippen LogP contribution is -2.53. The summed E-state index contributed by atoms with van der Waals surface area (Å²) < 4.78 is 0. The van der Waals surface area contributed by atoms with Crippen LogP contribution in [0.1, 0.15) is 41.8 Å². The van der Waals surface area contributed by atoms with Gasteiger partial charge in [-0.3, -0.25) is 14.9 Å². The van der Waals surface area contributed by atoms with E-state index >= 15 is 0 Å². The fourth-order valence-corrected chi connectivity index (χ4v) is 4.52. The maximum atomic E-state index is 12.3. The second kappa shape index (κ2) is 6.93. The molecule has 0 aliphatic heterocycles. The van der Waals surface area contributed by atoms with Gasteiger partial charge in [0.1, 0.15) is 0 Å². The lowest BCUT2D eigenvalue weighted by molar-refractivity contribution is -0.380. The first-order chi connectivity index (χ1) is 10.0. The van der Waals surface area contributed by atoms with Crippen molar-refractivity contribution in [2.45, 2.75) is 44.2 Å². The van der Waals surface area contributed by atoms with Gasteiger partial charge in [-0.15, -0.1) is 12.4 Å². The van der Waals surface area contributed by atoms with E-state index in [0.717, 1.165) is 37.0 Å². The van der Waals surface area contributed by atoms with Crippen LogP contribution in [0.4, 0.5) is 5.00 Å². The van der Waals surface area contributed by atoms with Crippen molar-refractivity contribution >= 4 is 34.7 Å². The Morgan fingerprint density at radius 1 is 1.32 bits per heavy atom. The summed E-state index contributed by atoms with van der Waals surface area (Å²) >= 11 is 0.930. The summed E-state index contributed by atoms with van der Waals surface area (Å²) in [6.07, 6.45) is 5.36. The van der Waals surface area contributed by atoms with E-state index in [1.807, 2.05) is 0 Å². The molecular formula is C14H20ClN3O3S. The molecule has 1 heterocycles. The van der Waals surface area contributed by atoms with Gasteiger partial charge < -0.3 is 11.1 Å². The average molecular weight is 346 g/mol. The zero-order valence-electron chi connectivity index (χ0n) is 12.1. The first-order valence-electron chi connectivity index (χ1n) is 7.35. The monoisotopic (exact) mass is 345 g/mol. The second-order valence-electron chi connectivity index (χ2n) is 6.08. The number of halogens is 1. The lowest BCUT2D eigenvalue weighted by atomic mass is 9.67. The van der Waals surface area contributed by atoms with Crippen LogP contribution in [-0.4, -0.2) is 22.9 Å². The Morgan fingerprint density at radius 3 is 2.50 bits per heavy atom. The third kappa shape index (κ3) is 3.42. The van der Waals surface area contributed by atoms with Crippen LogP contribution in [0, 0.1) is 22.0 Å². The molecule has 2 saturated carbocycles. The molecule has 1 amide bonds. The fourth-order valence-electron chi connectivity index (χ4n) is 3.80. The minimum absolute atomic E-state index is 0. The normalized spacial score (nSPS) is 30.2. The molecule has 2 aliphatic rings. The van der Waals surface area contributed by atoms with Gasteiger partial charge in [-0.1, -0.05) is 17.8 Å². The Labute approximate surface area is 139 Å². The minimum atomic E-state index is -0.462. The zero-order valence-corrected chi connectivity index (χ0v) is 13.7. The van der Waals surface area contributed by atoms with Gasteiger partial charge in [-0.2, -0.15) is 0 Å². The van der Waals surface area contributed by atoms with Crippen molar-refractivity contribution in [2.75, 3.05) is 0 Å². The SMILES string of the molecule is Cl.NC1CC2CCCC(C1)C2NC(=O)c1ccc([N+](=O)[O-])s1. The number of hydrogen-bond acceptors (Lipinski definition) is 5. The van der Waals surface area contributed by atoms with Crippen molar-refractivity contribution in [3.05, 3.63) is 27.1 Å². The van der Waals surface area contributed by atoms with E-state index in [9.17, 15) is 14.9 Å². The van der Waals surface area contributed by atoms with E-state index in [1.54, 1.807) is 0 Å². The Bertz CT molecular complexity index is 551. The summed E-state index contributed by atoms with van der Waals surface area (Å²) in [7, 11) is 0. The highest BCUT2D eigenvalue weighted by atomic mass is 35.5. The van der Waals surface area contributed by atoms with Crippen molar-refractivity contribution < 1.29 is 9.72 Å². The molecule has 6 nitrogen and oxygen atoms in total. The van der Waals surface area contributed by atoms with Gasteiger partial charge in [-0.25, -0.2) is 0 Å². The number of carbonyl (C=O) groups excluding carboxylic acids is 1. The largest absolute Gasteiger partial charge is 0.348 e. The topological polar surface area (TPSA) is 98.3 Å². The highest BCUT2D eigenvalue weighted by Gasteiger charge is 2.40. The van der Waals surface area contributed by atoms with Gasteiger partial charge in [-0.05, 0) is 43.6 Å². The van der Waals surface area contributed by atoms with E-state index < -0.39 is 4.92 Å². The Kier molecular flexibility index (Phi) is 5.41. The number of hydrogen-bond donors (Lipinski definition) is 2. The molecule has 8 heteroatoms. The van der Waals surface area contributed by atoms with E-state index in [-0.39, 0.29) is 35.4 Å². The molecule has 1 aromatic heterocycles. The number of carbonyl (C=O) groups is 1. The maximum absolute atomic E-state index is 12.3. The minimum Gasteiger partial charge on any atom is -0.348 e. The Hall–Kier alpha value is -1.18. The predicted octanol–water partition coefficient (Wildman–Crippen LogP) is 2.71. The molecule has 122 valence electrons. The third-order valence-corrected chi connectivity index (χ3v) is 5.71. The maximum Gasteiger partial charge on any atom is 0.324 e. The number of fused-ring (bicyclic) bond motifs is 2. The summed E-state index contributed by atoms with van der Waals surface area (Å²) in [5, 5.41) is 13.8. The molecule has 0 spiro atoms. The molecule has 0 aromatic carbocycles. The molecule has 3 rings (SSSR count). The molecule has 2 aliphatic carbocycles. The molecule has 2 unspecified atom stereocenters. The van der Waals surface area contributed by atoms with Crippen molar-refractivity contribution in [2.24, 2.45) is 17.6 Å². The standard InChI is InChI=1S/C14H19N3O3S.ClH/c15-10-6-8-2-1-3-9(7-10)13(8)16-14(18)11-4-5-12(21-11)17(19)20;/h4-5,8-10,13H,1-3,6-7,15H2,(H,16,18);1H. The summed E-state index contributed by atoms with van der Waals surface area (Å²) in [5.74, 6) is 0.711. The Morgan fingerprint density at radius 2 is 1.95 bits per heavy atom. The summed E-state index contributed by atoms with van der Waals surface area (Å²) in [6.45, 7) is 0. The van der Waals surface area contributed by atoms with Gasteiger partial charge in [0.2, 0.25) is 0 Å². The van der Waals surface area contributed by atoms with Crippen LogP contribution in [0.3, 0.4) is 0 Å². The number of rotatable bonds is 3. The average Bonchev–Trinajstić information content (AvgIpc) is 2.89. The van der Waals surface area contributed by atoms with E-state index in [1.165, 1.54) is 18.6 Å². The number of nitrogens with zero attached hydrogens (tertiary/aromatic N) is 1. The number of thiophene rings is 1. The first kappa shape index (κ1) is 17.2. The van der Waals surface area contributed by atoms with Crippen LogP contribution in [0.2, 0.25) is 0 Å².